The first kappa shape index (κ1) is 25.7. The third kappa shape index (κ3) is 7.30. The number of rotatable bonds is 11. The molecule has 0 saturated carbocycles. The second-order valence-electron chi connectivity index (χ2n) is 8.89. The first-order chi connectivity index (χ1) is 16.9. The number of hydrogen-bond acceptors (Lipinski definition) is 8. The zero-order valence-corrected chi connectivity index (χ0v) is 20.6. The highest BCUT2D eigenvalue weighted by molar-refractivity contribution is 6.08. The van der Waals surface area contributed by atoms with Crippen molar-refractivity contribution in [3.8, 4) is 0 Å². The molecule has 0 radical (unpaired) electrons. The number of aromatic nitrogens is 2. The number of likely N-dealkylation sites (tertiary alicyclic amines) is 1. The van der Waals surface area contributed by atoms with Crippen molar-refractivity contribution in [2.45, 2.75) is 39.5 Å². The fourth-order valence-corrected chi connectivity index (χ4v) is 3.87. The van der Waals surface area contributed by atoms with Gasteiger partial charge in [0.05, 0.1) is 11.0 Å². The first-order valence-electron chi connectivity index (χ1n) is 12.1. The molecule has 1 aliphatic heterocycles. The summed E-state index contributed by atoms with van der Waals surface area (Å²) >= 11 is 0. The van der Waals surface area contributed by atoms with Gasteiger partial charge in [0.2, 0.25) is 5.91 Å². The van der Waals surface area contributed by atoms with E-state index >= 15 is 0 Å². The predicted molar refractivity (Wildman–Crippen MR) is 142 cm³/mol. The fourth-order valence-electron chi connectivity index (χ4n) is 3.87. The number of piperidine rings is 1. The number of allylic oxidation sites excluding steroid dienone is 3. The minimum atomic E-state index is 0.254. The number of nitrogens with zero attached hydrogens (tertiary/aromatic N) is 3. The topological polar surface area (TPSA) is 146 Å². The van der Waals surface area contributed by atoms with Crippen LogP contribution in [0, 0.1) is 11.3 Å². The average Bonchev–Trinajstić information content (AvgIpc) is 2.85. The summed E-state index contributed by atoms with van der Waals surface area (Å²) in [4.78, 5) is 23.0. The Hall–Kier alpha value is -3.88. The maximum Gasteiger partial charge on any atom is 0.222 e. The summed E-state index contributed by atoms with van der Waals surface area (Å²) < 4.78 is 0. The molecular weight excluding hydrogens is 440 g/mol. The van der Waals surface area contributed by atoms with Crippen LogP contribution in [-0.4, -0.2) is 46.6 Å². The van der Waals surface area contributed by atoms with Gasteiger partial charge < -0.3 is 32.4 Å². The Labute approximate surface area is 206 Å². The molecule has 35 heavy (non-hydrogen) atoms. The van der Waals surface area contributed by atoms with E-state index in [2.05, 4.69) is 20.6 Å². The van der Waals surface area contributed by atoms with Gasteiger partial charge >= 0.3 is 0 Å². The molecule has 9 heteroatoms. The van der Waals surface area contributed by atoms with Gasteiger partial charge in [-0.3, -0.25) is 9.78 Å². The van der Waals surface area contributed by atoms with Crippen LogP contribution in [0.4, 0.5) is 5.82 Å². The number of anilines is 1. The fraction of sp³-hybridized carbons (Fsp3) is 0.385. The summed E-state index contributed by atoms with van der Waals surface area (Å²) in [5.74, 6) is 1.55. The molecule has 2 aromatic heterocycles. The molecule has 2 aromatic rings. The van der Waals surface area contributed by atoms with E-state index in [-0.39, 0.29) is 11.8 Å². The lowest BCUT2D eigenvalue weighted by molar-refractivity contribution is -0.133. The van der Waals surface area contributed by atoms with Crippen LogP contribution >= 0.6 is 0 Å². The summed E-state index contributed by atoms with van der Waals surface area (Å²) in [7, 11) is 0. The van der Waals surface area contributed by atoms with E-state index in [1.807, 2.05) is 43.1 Å². The van der Waals surface area contributed by atoms with Gasteiger partial charge in [-0.2, -0.15) is 0 Å². The van der Waals surface area contributed by atoms with Crippen molar-refractivity contribution >= 4 is 34.5 Å². The highest BCUT2D eigenvalue weighted by Crippen LogP contribution is 2.19. The van der Waals surface area contributed by atoms with Crippen molar-refractivity contribution in [2.24, 2.45) is 17.4 Å². The van der Waals surface area contributed by atoms with Crippen LogP contribution in [0.1, 0.15) is 45.1 Å². The molecule has 3 heterocycles. The molecular formula is C26H36N8O. The Bertz CT molecular complexity index is 1140. The summed E-state index contributed by atoms with van der Waals surface area (Å²) in [6.45, 7) is 6.42. The molecule has 1 amide bonds. The van der Waals surface area contributed by atoms with E-state index in [0.29, 0.717) is 29.1 Å². The molecule has 0 spiro atoms. The second-order valence-corrected chi connectivity index (χ2v) is 8.89. The number of nitrogens with one attached hydrogen (secondary N) is 3. The Balaban J connectivity index is 1.65. The predicted octanol–water partition coefficient (Wildman–Crippen LogP) is 3.32. The lowest BCUT2D eigenvalue weighted by Gasteiger charge is -2.26. The van der Waals surface area contributed by atoms with E-state index < -0.39 is 0 Å². The third-order valence-electron chi connectivity index (χ3n) is 5.91. The summed E-state index contributed by atoms with van der Waals surface area (Å²) in [6, 6.07) is 5.59. The van der Waals surface area contributed by atoms with Crippen LogP contribution in [-0.2, 0) is 4.79 Å². The van der Waals surface area contributed by atoms with E-state index in [4.69, 9.17) is 16.9 Å². The van der Waals surface area contributed by atoms with Gasteiger partial charge in [-0.05, 0) is 61.2 Å². The quantitative estimate of drug-likeness (QED) is 0.190. The molecule has 0 atom stereocenters. The molecule has 0 bridgehead atoms. The van der Waals surface area contributed by atoms with Crippen molar-refractivity contribution in [2.75, 3.05) is 25.0 Å². The van der Waals surface area contributed by atoms with Crippen molar-refractivity contribution in [1.82, 2.24) is 20.2 Å². The van der Waals surface area contributed by atoms with Gasteiger partial charge in [-0.25, -0.2) is 4.98 Å². The molecule has 1 fully saturated rings. The van der Waals surface area contributed by atoms with Gasteiger partial charge in [0.1, 0.15) is 11.6 Å². The van der Waals surface area contributed by atoms with E-state index in [1.165, 1.54) is 6.21 Å². The normalized spacial score (nSPS) is 15.6. The largest absolute Gasteiger partial charge is 0.404 e. The van der Waals surface area contributed by atoms with E-state index in [0.717, 1.165) is 55.5 Å². The Morgan fingerprint density at radius 3 is 2.83 bits per heavy atom. The van der Waals surface area contributed by atoms with Crippen LogP contribution in [0.15, 0.2) is 54.3 Å². The molecule has 0 aromatic carbocycles. The first-order valence-corrected chi connectivity index (χ1v) is 12.1. The Morgan fingerprint density at radius 2 is 2.11 bits per heavy atom. The Kier molecular flexibility index (Phi) is 9.23. The van der Waals surface area contributed by atoms with Crippen LogP contribution in [0.3, 0.4) is 0 Å². The molecule has 0 aliphatic carbocycles. The number of hydrogen-bond donors (Lipinski definition) is 5. The zero-order valence-electron chi connectivity index (χ0n) is 20.6. The van der Waals surface area contributed by atoms with Crippen molar-refractivity contribution < 1.29 is 4.79 Å². The van der Waals surface area contributed by atoms with Gasteiger partial charge in [0, 0.05) is 55.8 Å². The number of carbonyl (C=O) groups excluding carboxylic acids is 1. The maximum atomic E-state index is 11.9. The van der Waals surface area contributed by atoms with Gasteiger partial charge in [0.25, 0.3) is 0 Å². The highest BCUT2D eigenvalue weighted by atomic mass is 16.2. The summed E-state index contributed by atoms with van der Waals surface area (Å²) in [5.41, 5.74) is 15.7. The van der Waals surface area contributed by atoms with Crippen LogP contribution in [0.25, 0.3) is 16.6 Å². The SMILES string of the molecule is CC(C)C(=C/N)/C=C(\N)Nc1ccc2ncc(/C(C=N)=C/NCCCN3CCCCC3=O)cc2n1. The van der Waals surface area contributed by atoms with Gasteiger partial charge in [0.15, 0.2) is 0 Å². The smallest absolute Gasteiger partial charge is 0.222 e. The molecule has 9 nitrogen and oxygen atoms in total. The van der Waals surface area contributed by atoms with Crippen LogP contribution in [0.5, 0.6) is 0 Å². The minimum absolute atomic E-state index is 0.254. The molecule has 3 rings (SSSR count). The second kappa shape index (κ2) is 12.5. The average molecular weight is 477 g/mol. The lowest BCUT2D eigenvalue weighted by Crippen LogP contribution is -2.36. The van der Waals surface area contributed by atoms with Crippen molar-refractivity contribution in [3.05, 3.63) is 59.8 Å². The van der Waals surface area contributed by atoms with Gasteiger partial charge in [-0.1, -0.05) is 13.8 Å². The van der Waals surface area contributed by atoms with Crippen molar-refractivity contribution in [1.29, 1.82) is 5.41 Å². The number of carbonyl (C=O) groups is 1. The number of pyridine rings is 2. The zero-order chi connectivity index (χ0) is 25.2. The van der Waals surface area contributed by atoms with Crippen LogP contribution in [0.2, 0.25) is 0 Å². The summed E-state index contributed by atoms with van der Waals surface area (Å²) in [6.07, 6.45) is 11.8. The van der Waals surface area contributed by atoms with Gasteiger partial charge in [-0.15, -0.1) is 0 Å². The number of amides is 1. The Morgan fingerprint density at radius 1 is 1.29 bits per heavy atom. The highest BCUT2D eigenvalue weighted by Gasteiger charge is 2.16. The van der Waals surface area contributed by atoms with Crippen molar-refractivity contribution in [3.63, 3.8) is 0 Å². The van der Waals surface area contributed by atoms with E-state index in [1.54, 1.807) is 18.5 Å². The molecule has 0 unspecified atom stereocenters. The van der Waals surface area contributed by atoms with Crippen LogP contribution < -0.4 is 22.1 Å². The lowest BCUT2D eigenvalue weighted by atomic mass is 10.0. The monoisotopic (exact) mass is 476 g/mol. The standard InChI is InChI=1S/C26H36N8O/c1-18(2)19(14-27)13-24(29)33-25-8-7-22-23(32-25)12-20(17-31-22)21(15-28)16-30-9-5-11-34-10-4-3-6-26(34)35/h7-8,12-18,28,30H,3-6,9-11,27,29H2,1-2H3,(H,32,33)/b19-14+,21-16+,24-13+,28-15?. The maximum absolute atomic E-state index is 11.9. The third-order valence-corrected chi connectivity index (χ3v) is 5.91. The molecule has 1 aliphatic rings. The molecule has 1 saturated heterocycles. The summed E-state index contributed by atoms with van der Waals surface area (Å²) in [5, 5.41) is 14.2. The molecule has 186 valence electrons. The minimum Gasteiger partial charge on any atom is -0.404 e. The molecule has 7 N–H and O–H groups in total. The van der Waals surface area contributed by atoms with E-state index in [9.17, 15) is 4.79 Å². The number of fused-ring (bicyclic) bond motifs is 1. The number of nitrogens with two attached hydrogens (primary N) is 2.